The third-order valence-corrected chi connectivity index (χ3v) is 2.78. The van der Waals surface area contributed by atoms with Crippen molar-refractivity contribution in [1.29, 1.82) is 0 Å². The molecule has 16 heavy (non-hydrogen) atoms. The van der Waals surface area contributed by atoms with E-state index in [2.05, 4.69) is 4.90 Å². The summed E-state index contributed by atoms with van der Waals surface area (Å²) in [5, 5.41) is 9.75. The van der Waals surface area contributed by atoms with E-state index in [0.717, 1.165) is 44.2 Å². The van der Waals surface area contributed by atoms with Gasteiger partial charge in [-0.2, -0.15) is 0 Å². The fourth-order valence-electron chi connectivity index (χ4n) is 1.82. The minimum absolute atomic E-state index is 0.326. The molecule has 1 heterocycles. The first-order valence-corrected chi connectivity index (χ1v) is 5.45. The molecule has 0 unspecified atom stereocenters. The third-order valence-electron chi connectivity index (χ3n) is 2.78. The second-order valence-electron chi connectivity index (χ2n) is 3.88. The van der Waals surface area contributed by atoms with Gasteiger partial charge in [0.25, 0.3) is 0 Å². The number of phenols is 1. The number of methoxy groups -OCH3 is 1. The Morgan fingerprint density at radius 3 is 2.81 bits per heavy atom. The van der Waals surface area contributed by atoms with E-state index in [1.165, 1.54) is 0 Å². The van der Waals surface area contributed by atoms with Gasteiger partial charge in [-0.25, -0.2) is 0 Å². The molecular formula is C12H17NO3. The van der Waals surface area contributed by atoms with Crippen LogP contribution in [0.2, 0.25) is 0 Å². The Morgan fingerprint density at radius 2 is 2.12 bits per heavy atom. The Labute approximate surface area is 95.4 Å². The zero-order valence-corrected chi connectivity index (χ0v) is 9.48. The maximum atomic E-state index is 9.75. The average molecular weight is 223 g/mol. The topological polar surface area (TPSA) is 41.9 Å². The molecule has 2 rings (SSSR count). The Balaban J connectivity index is 2.06. The molecule has 1 aromatic carbocycles. The number of benzene rings is 1. The van der Waals surface area contributed by atoms with Crippen molar-refractivity contribution in [2.24, 2.45) is 0 Å². The van der Waals surface area contributed by atoms with Crippen molar-refractivity contribution in [2.75, 3.05) is 33.4 Å². The minimum atomic E-state index is 0.326. The first-order chi connectivity index (χ1) is 7.79. The summed E-state index contributed by atoms with van der Waals surface area (Å²) in [5.74, 6) is 1.10. The highest BCUT2D eigenvalue weighted by molar-refractivity contribution is 5.39. The quantitative estimate of drug-likeness (QED) is 0.837. The molecule has 1 aliphatic heterocycles. The highest BCUT2D eigenvalue weighted by Gasteiger charge is 2.13. The summed E-state index contributed by atoms with van der Waals surface area (Å²) in [6, 6.07) is 5.32. The lowest BCUT2D eigenvalue weighted by Gasteiger charge is -2.26. The zero-order valence-electron chi connectivity index (χ0n) is 9.48. The molecule has 0 bridgehead atoms. The van der Waals surface area contributed by atoms with Gasteiger partial charge >= 0.3 is 0 Å². The number of nitrogens with zero attached hydrogens (tertiary/aromatic N) is 1. The van der Waals surface area contributed by atoms with Crippen molar-refractivity contribution < 1.29 is 14.6 Å². The lowest BCUT2D eigenvalue weighted by Crippen LogP contribution is -2.35. The van der Waals surface area contributed by atoms with E-state index in [4.69, 9.17) is 9.47 Å². The molecule has 1 fully saturated rings. The summed E-state index contributed by atoms with van der Waals surface area (Å²) >= 11 is 0. The molecule has 0 aromatic heterocycles. The van der Waals surface area contributed by atoms with Gasteiger partial charge in [0, 0.05) is 25.2 Å². The van der Waals surface area contributed by atoms with E-state index >= 15 is 0 Å². The third kappa shape index (κ3) is 2.65. The lowest BCUT2D eigenvalue weighted by molar-refractivity contribution is 0.0338. The Hall–Kier alpha value is -1.26. The first-order valence-electron chi connectivity index (χ1n) is 5.45. The Kier molecular flexibility index (Phi) is 3.64. The first kappa shape index (κ1) is 11.2. The van der Waals surface area contributed by atoms with E-state index in [9.17, 15) is 5.11 Å². The van der Waals surface area contributed by atoms with Crippen molar-refractivity contribution >= 4 is 0 Å². The number of hydrogen-bond acceptors (Lipinski definition) is 4. The average Bonchev–Trinajstić information content (AvgIpc) is 2.33. The number of phenolic OH excluding ortho intramolecular Hbond substituents is 1. The summed E-state index contributed by atoms with van der Waals surface area (Å²) < 4.78 is 10.4. The van der Waals surface area contributed by atoms with Crippen molar-refractivity contribution in [1.82, 2.24) is 4.90 Å². The molecule has 0 aliphatic carbocycles. The molecule has 0 saturated carbocycles. The van der Waals surface area contributed by atoms with Crippen molar-refractivity contribution in [2.45, 2.75) is 6.54 Å². The standard InChI is InChI=1S/C12H17NO3/c1-15-11-2-3-12(14)10(8-11)9-13-4-6-16-7-5-13/h2-3,8,14H,4-7,9H2,1H3. The summed E-state index contributed by atoms with van der Waals surface area (Å²) in [6.07, 6.45) is 0. The van der Waals surface area contributed by atoms with Crippen LogP contribution in [0.4, 0.5) is 0 Å². The van der Waals surface area contributed by atoms with Crippen LogP contribution in [0.1, 0.15) is 5.56 Å². The molecule has 1 saturated heterocycles. The van der Waals surface area contributed by atoms with Crippen molar-refractivity contribution in [3.8, 4) is 11.5 Å². The number of ether oxygens (including phenoxy) is 2. The fraction of sp³-hybridized carbons (Fsp3) is 0.500. The smallest absolute Gasteiger partial charge is 0.120 e. The SMILES string of the molecule is COc1ccc(O)c(CN2CCOCC2)c1. The van der Waals surface area contributed by atoms with Gasteiger partial charge in [-0.1, -0.05) is 0 Å². The van der Waals surface area contributed by atoms with Crippen LogP contribution >= 0.6 is 0 Å². The number of morpholine rings is 1. The van der Waals surface area contributed by atoms with Crippen LogP contribution in [-0.2, 0) is 11.3 Å². The van der Waals surface area contributed by atoms with Crippen LogP contribution in [0, 0.1) is 0 Å². The molecule has 4 heteroatoms. The number of hydrogen-bond donors (Lipinski definition) is 1. The monoisotopic (exact) mass is 223 g/mol. The second-order valence-corrected chi connectivity index (χ2v) is 3.88. The van der Waals surface area contributed by atoms with Gasteiger partial charge < -0.3 is 14.6 Å². The van der Waals surface area contributed by atoms with Crippen LogP contribution in [0.3, 0.4) is 0 Å². The Bertz CT molecular complexity index is 348. The van der Waals surface area contributed by atoms with E-state index in [0.29, 0.717) is 5.75 Å². The Morgan fingerprint density at radius 1 is 1.38 bits per heavy atom. The maximum absolute atomic E-state index is 9.75. The molecule has 1 aromatic rings. The maximum Gasteiger partial charge on any atom is 0.120 e. The van der Waals surface area contributed by atoms with Gasteiger partial charge in [0.2, 0.25) is 0 Å². The molecule has 4 nitrogen and oxygen atoms in total. The molecule has 1 aliphatic rings. The van der Waals surface area contributed by atoms with Gasteiger partial charge in [-0.05, 0) is 18.2 Å². The predicted octanol–water partition coefficient (Wildman–Crippen LogP) is 1.23. The van der Waals surface area contributed by atoms with Gasteiger partial charge in [0.05, 0.1) is 20.3 Å². The summed E-state index contributed by atoms with van der Waals surface area (Å²) in [7, 11) is 1.63. The van der Waals surface area contributed by atoms with Gasteiger partial charge in [-0.3, -0.25) is 4.90 Å². The van der Waals surface area contributed by atoms with E-state index < -0.39 is 0 Å². The zero-order chi connectivity index (χ0) is 11.4. The normalized spacial score (nSPS) is 17.3. The highest BCUT2D eigenvalue weighted by atomic mass is 16.5. The molecule has 1 N–H and O–H groups in total. The predicted molar refractivity (Wildman–Crippen MR) is 60.8 cm³/mol. The molecular weight excluding hydrogens is 206 g/mol. The molecule has 88 valence electrons. The van der Waals surface area contributed by atoms with Gasteiger partial charge in [0.1, 0.15) is 11.5 Å². The summed E-state index contributed by atoms with van der Waals surface area (Å²) in [5.41, 5.74) is 0.904. The molecule has 0 spiro atoms. The van der Waals surface area contributed by atoms with Crippen LogP contribution in [0.5, 0.6) is 11.5 Å². The number of rotatable bonds is 3. The van der Waals surface area contributed by atoms with E-state index in [-0.39, 0.29) is 0 Å². The molecule has 0 radical (unpaired) electrons. The summed E-state index contributed by atoms with van der Waals surface area (Å²) in [6.45, 7) is 4.11. The van der Waals surface area contributed by atoms with E-state index in [1.54, 1.807) is 19.2 Å². The highest BCUT2D eigenvalue weighted by Crippen LogP contribution is 2.24. The van der Waals surface area contributed by atoms with Gasteiger partial charge in [0.15, 0.2) is 0 Å². The summed E-state index contributed by atoms with van der Waals surface area (Å²) in [4.78, 5) is 2.26. The largest absolute Gasteiger partial charge is 0.508 e. The van der Waals surface area contributed by atoms with Crippen LogP contribution < -0.4 is 4.74 Å². The fourth-order valence-corrected chi connectivity index (χ4v) is 1.82. The number of aromatic hydroxyl groups is 1. The van der Waals surface area contributed by atoms with E-state index in [1.807, 2.05) is 6.07 Å². The molecule has 0 amide bonds. The van der Waals surface area contributed by atoms with Crippen molar-refractivity contribution in [3.05, 3.63) is 23.8 Å². The minimum Gasteiger partial charge on any atom is -0.508 e. The van der Waals surface area contributed by atoms with Gasteiger partial charge in [-0.15, -0.1) is 0 Å². The van der Waals surface area contributed by atoms with Crippen LogP contribution in [0.25, 0.3) is 0 Å². The van der Waals surface area contributed by atoms with Crippen molar-refractivity contribution in [3.63, 3.8) is 0 Å². The van der Waals surface area contributed by atoms with Crippen LogP contribution in [-0.4, -0.2) is 43.4 Å². The van der Waals surface area contributed by atoms with Crippen LogP contribution in [0.15, 0.2) is 18.2 Å². The molecule has 0 atom stereocenters. The second kappa shape index (κ2) is 5.18. The lowest BCUT2D eigenvalue weighted by atomic mass is 10.1.